The maximum atomic E-state index is 13.0. The molecule has 1 unspecified atom stereocenters. The highest BCUT2D eigenvalue weighted by Crippen LogP contribution is 2.26. The molecule has 1 saturated heterocycles. The third kappa shape index (κ3) is 5.17. The van der Waals surface area contributed by atoms with Crippen LogP contribution < -0.4 is 10.6 Å². The summed E-state index contributed by atoms with van der Waals surface area (Å²) in [5, 5.41) is 15.4. The molecule has 4 rings (SSSR count). The maximum absolute atomic E-state index is 13.0. The van der Waals surface area contributed by atoms with E-state index < -0.39 is 6.04 Å². The smallest absolute Gasteiger partial charge is 0.317 e. The molecular formula is C21H30N6O2S2. The molecule has 1 aliphatic heterocycles. The molecule has 1 aliphatic carbocycles. The highest BCUT2D eigenvalue weighted by Gasteiger charge is 2.28. The predicted octanol–water partition coefficient (Wildman–Crippen LogP) is 3.85. The summed E-state index contributed by atoms with van der Waals surface area (Å²) in [7, 11) is 0. The second-order valence-corrected chi connectivity index (χ2v) is 9.76. The van der Waals surface area contributed by atoms with Crippen molar-refractivity contribution in [2.75, 3.05) is 13.1 Å². The average Bonchev–Trinajstić information content (AvgIpc) is 3.44. The number of piperidine rings is 1. The lowest BCUT2D eigenvalue weighted by molar-refractivity contribution is -0.124. The lowest BCUT2D eigenvalue weighted by Crippen LogP contribution is -2.52. The van der Waals surface area contributed by atoms with Gasteiger partial charge in [-0.3, -0.25) is 14.5 Å². The van der Waals surface area contributed by atoms with Gasteiger partial charge in [-0.25, -0.2) is 4.79 Å². The van der Waals surface area contributed by atoms with E-state index in [4.69, 9.17) is 12.2 Å². The number of H-pyrrole nitrogens is 1. The Bertz CT molecular complexity index is 939. The Labute approximate surface area is 191 Å². The molecule has 3 amide bonds. The summed E-state index contributed by atoms with van der Waals surface area (Å²) in [5.41, 5.74) is 0. The van der Waals surface area contributed by atoms with E-state index in [9.17, 15) is 9.59 Å². The Morgan fingerprint density at radius 2 is 1.87 bits per heavy atom. The molecule has 0 radical (unpaired) electrons. The number of likely N-dealkylation sites (tertiary alicyclic amines) is 1. The van der Waals surface area contributed by atoms with Crippen LogP contribution in [0.1, 0.15) is 57.9 Å². The van der Waals surface area contributed by atoms with Gasteiger partial charge in [0.05, 0.1) is 4.88 Å². The molecule has 10 heteroatoms. The van der Waals surface area contributed by atoms with E-state index in [1.807, 2.05) is 29.3 Å². The predicted molar refractivity (Wildman–Crippen MR) is 124 cm³/mol. The molecule has 0 aromatic carbocycles. The van der Waals surface area contributed by atoms with Gasteiger partial charge in [0.25, 0.3) is 0 Å². The van der Waals surface area contributed by atoms with Crippen LogP contribution >= 0.6 is 23.6 Å². The van der Waals surface area contributed by atoms with E-state index in [0.29, 0.717) is 29.7 Å². The van der Waals surface area contributed by atoms with Gasteiger partial charge in [0.1, 0.15) is 6.04 Å². The summed E-state index contributed by atoms with van der Waals surface area (Å²) >= 11 is 6.94. The van der Waals surface area contributed by atoms with E-state index in [1.54, 1.807) is 15.9 Å². The summed E-state index contributed by atoms with van der Waals surface area (Å²) in [5.74, 6) is 0.595. The molecule has 2 aliphatic rings. The molecule has 31 heavy (non-hydrogen) atoms. The molecule has 1 atom stereocenters. The van der Waals surface area contributed by atoms with Crippen LogP contribution in [0.15, 0.2) is 17.5 Å². The number of thiophene rings is 1. The van der Waals surface area contributed by atoms with Gasteiger partial charge in [0, 0.05) is 25.2 Å². The quantitative estimate of drug-likeness (QED) is 0.588. The van der Waals surface area contributed by atoms with Crippen LogP contribution in [-0.4, -0.2) is 56.8 Å². The molecule has 2 fully saturated rings. The van der Waals surface area contributed by atoms with Gasteiger partial charge in [-0.05, 0) is 56.3 Å². The lowest BCUT2D eigenvalue weighted by atomic mass is 9.95. The molecule has 2 aromatic rings. The maximum Gasteiger partial charge on any atom is 0.317 e. The molecule has 2 aromatic heterocycles. The molecule has 3 heterocycles. The molecule has 1 saturated carbocycles. The van der Waals surface area contributed by atoms with Crippen LogP contribution in [0.5, 0.6) is 0 Å². The summed E-state index contributed by atoms with van der Waals surface area (Å²) in [6.07, 6.45) is 7.35. The van der Waals surface area contributed by atoms with Crippen LogP contribution in [0.4, 0.5) is 4.79 Å². The number of amides is 3. The van der Waals surface area contributed by atoms with Gasteiger partial charge < -0.3 is 15.5 Å². The number of carbonyl (C=O) groups is 2. The largest absolute Gasteiger partial charge is 0.351 e. The summed E-state index contributed by atoms with van der Waals surface area (Å²) < 4.78 is 2.20. The van der Waals surface area contributed by atoms with Gasteiger partial charge >= 0.3 is 6.03 Å². The fourth-order valence-corrected chi connectivity index (χ4v) is 5.42. The number of aromatic amines is 1. The first kappa shape index (κ1) is 22.0. The second kappa shape index (κ2) is 9.95. The summed E-state index contributed by atoms with van der Waals surface area (Å²) in [6.45, 7) is 3.15. The Balaban J connectivity index is 1.30. The molecule has 0 spiro atoms. The number of nitrogens with zero attached hydrogens (tertiary/aromatic N) is 3. The van der Waals surface area contributed by atoms with Crippen LogP contribution in [0.2, 0.25) is 0 Å². The number of carbonyl (C=O) groups excluding carboxylic acids is 2. The third-order valence-corrected chi connectivity index (χ3v) is 7.43. The second-order valence-electron chi connectivity index (χ2n) is 8.43. The van der Waals surface area contributed by atoms with Crippen molar-refractivity contribution in [1.29, 1.82) is 0 Å². The van der Waals surface area contributed by atoms with Crippen molar-refractivity contribution in [3.05, 3.63) is 22.3 Å². The standard InChI is InChI=1S/C21H30N6O2S2/c1-14(27-18(24-25-21(27)30)17-8-5-13-31-17)19(28)22-16-9-11-26(12-10-16)20(29)23-15-6-3-2-4-7-15/h5,8,13-16H,2-4,6-7,9-12H2,1H3,(H,22,28)(H,23,29)(H,25,30). The Morgan fingerprint density at radius 1 is 1.16 bits per heavy atom. The fourth-order valence-electron chi connectivity index (χ4n) is 4.42. The highest BCUT2D eigenvalue weighted by atomic mass is 32.1. The van der Waals surface area contributed by atoms with Gasteiger partial charge in [-0.1, -0.05) is 25.3 Å². The zero-order chi connectivity index (χ0) is 21.8. The van der Waals surface area contributed by atoms with Gasteiger partial charge in [-0.15, -0.1) is 11.3 Å². The number of hydrogen-bond donors (Lipinski definition) is 3. The van der Waals surface area contributed by atoms with Crippen molar-refractivity contribution in [2.24, 2.45) is 0 Å². The molecule has 3 N–H and O–H groups in total. The van der Waals surface area contributed by atoms with E-state index in [2.05, 4.69) is 20.8 Å². The summed E-state index contributed by atoms with van der Waals surface area (Å²) in [6, 6.07) is 3.85. The minimum Gasteiger partial charge on any atom is -0.351 e. The number of hydrogen-bond acceptors (Lipinski definition) is 5. The zero-order valence-electron chi connectivity index (χ0n) is 17.8. The Hall–Kier alpha value is -2.20. The van der Waals surface area contributed by atoms with Crippen LogP contribution in [0, 0.1) is 4.77 Å². The first-order valence-electron chi connectivity index (χ1n) is 11.1. The Morgan fingerprint density at radius 3 is 2.55 bits per heavy atom. The van der Waals surface area contributed by atoms with Crippen molar-refractivity contribution >= 4 is 35.5 Å². The summed E-state index contributed by atoms with van der Waals surface area (Å²) in [4.78, 5) is 28.3. The monoisotopic (exact) mass is 462 g/mol. The van der Waals surface area contributed by atoms with E-state index in [-0.39, 0.29) is 18.0 Å². The number of nitrogens with one attached hydrogen (secondary N) is 3. The first-order valence-corrected chi connectivity index (χ1v) is 12.4. The van der Waals surface area contributed by atoms with Crippen molar-refractivity contribution < 1.29 is 9.59 Å². The van der Waals surface area contributed by atoms with Crippen molar-refractivity contribution in [1.82, 2.24) is 30.3 Å². The van der Waals surface area contributed by atoms with E-state index in [1.165, 1.54) is 19.3 Å². The zero-order valence-corrected chi connectivity index (χ0v) is 19.4. The van der Waals surface area contributed by atoms with E-state index >= 15 is 0 Å². The Kier molecular flexibility index (Phi) is 7.06. The van der Waals surface area contributed by atoms with Crippen LogP contribution in [0.25, 0.3) is 10.7 Å². The fraction of sp³-hybridized carbons (Fsp3) is 0.619. The van der Waals surface area contributed by atoms with Crippen molar-refractivity contribution in [3.63, 3.8) is 0 Å². The minimum atomic E-state index is -0.476. The lowest BCUT2D eigenvalue weighted by Gasteiger charge is -2.34. The number of aromatic nitrogens is 3. The first-order chi connectivity index (χ1) is 15.0. The normalized spacial score (nSPS) is 19.2. The van der Waals surface area contributed by atoms with E-state index in [0.717, 1.165) is 30.6 Å². The number of urea groups is 1. The SMILES string of the molecule is CC(C(=O)NC1CCN(C(=O)NC2CCCCC2)CC1)n1c(-c2cccs2)n[nH]c1=S. The van der Waals surface area contributed by atoms with Gasteiger partial charge in [0.15, 0.2) is 10.6 Å². The van der Waals surface area contributed by atoms with Crippen LogP contribution in [0.3, 0.4) is 0 Å². The van der Waals surface area contributed by atoms with Crippen LogP contribution in [-0.2, 0) is 4.79 Å². The highest BCUT2D eigenvalue weighted by molar-refractivity contribution is 7.71. The third-order valence-electron chi connectivity index (χ3n) is 6.27. The molecular weight excluding hydrogens is 432 g/mol. The van der Waals surface area contributed by atoms with Gasteiger partial charge in [0.2, 0.25) is 5.91 Å². The van der Waals surface area contributed by atoms with Crippen molar-refractivity contribution in [3.8, 4) is 10.7 Å². The molecule has 8 nitrogen and oxygen atoms in total. The topological polar surface area (TPSA) is 95.1 Å². The van der Waals surface area contributed by atoms with Crippen molar-refractivity contribution in [2.45, 2.75) is 70.0 Å². The van der Waals surface area contributed by atoms with Gasteiger partial charge in [-0.2, -0.15) is 5.10 Å². The number of rotatable bonds is 5. The minimum absolute atomic E-state index is 0.0373. The molecule has 168 valence electrons. The average molecular weight is 463 g/mol. The molecule has 0 bridgehead atoms.